The van der Waals surface area contributed by atoms with Crippen LogP contribution in [0.15, 0.2) is 12.5 Å². The van der Waals surface area contributed by atoms with Crippen molar-refractivity contribution in [2.45, 2.75) is 38.1 Å². The summed E-state index contributed by atoms with van der Waals surface area (Å²) in [6.45, 7) is 4.44. The van der Waals surface area contributed by atoms with Crippen LogP contribution in [0.5, 0.6) is 0 Å². The van der Waals surface area contributed by atoms with Crippen molar-refractivity contribution in [2.24, 2.45) is 5.92 Å². The molecule has 118 valence electrons. The monoisotopic (exact) mass is 295 g/mol. The molecule has 1 aromatic rings. The van der Waals surface area contributed by atoms with Gasteiger partial charge in [0.15, 0.2) is 0 Å². The molecule has 1 aromatic heterocycles. The lowest BCUT2D eigenvalue weighted by molar-refractivity contribution is -0.0597. The van der Waals surface area contributed by atoms with Gasteiger partial charge in [-0.05, 0) is 18.8 Å². The van der Waals surface area contributed by atoms with E-state index in [2.05, 4.69) is 14.5 Å². The van der Waals surface area contributed by atoms with Crippen LogP contribution in [-0.2, 0) is 22.6 Å². The molecule has 1 saturated heterocycles. The third kappa shape index (κ3) is 3.29. The van der Waals surface area contributed by atoms with E-state index in [-0.39, 0.29) is 12.7 Å². The van der Waals surface area contributed by atoms with E-state index in [1.165, 1.54) is 5.69 Å². The van der Waals surface area contributed by atoms with Gasteiger partial charge in [0.05, 0.1) is 31.3 Å². The minimum absolute atomic E-state index is 0.274. The van der Waals surface area contributed by atoms with Gasteiger partial charge >= 0.3 is 0 Å². The number of aliphatic hydroxyl groups is 1. The van der Waals surface area contributed by atoms with Crippen molar-refractivity contribution in [3.8, 4) is 0 Å². The van der Waals surface area contributed by atoms with Gasteiger partial charge < -0.3 is 19.1 Å². The molecule has 2 aliphatic rings. The van der Waals surface area contributed by atoms with Crippen molar-refractivity contribution in [3.05, 3.63) is 18.2 Å². The number of ether oxygens (including phenoxy) is 2. The Morgan fingerprint density at radius 1 is 1.48 bits per heavy atom. The van der Waals surface area contributed by atoms with Crippen LogP contribution in [0, 0.1) is 5.92 Å². The quantitative estimate of drug-likeness (QED) is 0.828. The standard InChI is InChI=1S/C15H25N3O3/c1-20-4-2-18-11-16-8-13(18)9-17-3-5-21-15-7-12(10-19)6-14(15)17/h8,11-12,14-15,19H,2-7,9-10H2,1H3/t12-,14+,15+/m1/s1. The number of aliphatic hydroxyl groups excluding tert-OH is 1. The molecule has 0 aromatic carbocycles. The molecule has 6 heteroatoms. The van der Waals surface area contributed by atoms with Gasteiger partial charge in [-0.25, -0.2) is 4.98 Å². The number of hydrogen-bond donors (Lipinski definition) is 1. The smallest absolute Gasteiger partial charge is 0.0949 e. The second-order valence-corrected chi connectivity index (χ2v) is 6.04. The summed E-state index contributed by atoms with van der Waals surface area (Å²) in [5.74, 6) is 0.388. The lowest BCUT2D eigenvalue weighted by Gasteiger charge is -2.37. The van der Waals surface area contributed by atoms with Gasteiger partial charge in [0.1, 0.15) is 0 Å². The summed E-state index contributed by atoms with van der Waals surface area (Å²) in [7, 11) is 1.72. The number of morpholine rings is 1. The highest BCUT2D eigenvalue weighted by Crippen LogP contribution is 2.34. The number of aromatic nitrogens is 2. The van der Waals surface area contributed by atoms with E-state index in [1.807, 2.05) is 12.5 Å². The fraction of sp³-hybridized carbons (Fsp3) is 0.800. The summed E-state index contributed by atoms with van der Waals surface area (Å²) >= 11 is 0. The molecule has 0 amide bonds. The van der Waals surface area contributed by atoms with Crippen molar-refractivity contribution in [2.75, 3.05) is 33.5 Å². The molecule has 1 aliphatic heterocycles. The first-order chi connectivity index (χ1) is 10.3. The van der Waals surface area contributed by atoms with Crippen molar-refractivity contribution >= 4 is 0 Å². The van der Waals surface area contributed by atoms with Gasteiger partial charge in [0.25, 0.3) is 0 Å². The fourth-order valence-electron chi connectivity index (χ4n) is 3.55. The maximum Gasteiger partial charge on any atom is 0.0949 e. The van der Waals surface area contributed by atoms with Crippen LogP contribution in [0.1, 0.15) is 18.5 Å². The minimum atomic E-state index is 0.274. The topological polar surface area (TPSA) is 59.8 Å². The van der Waals surface area contributed by atoms with Crippen LogP contribution in [0.3, 0.4) is 0 Å². The molecule has 0 unspecified atom stereocenters. The van der Waals surface area contributed by atoms with E-state index in [4.69, 9.17) is 9.47 Å². The lowest BCUT2D eigenvalue weighted by atomic mass is 10.1. The second-order valence-electron chi connectivity index (χ2n) is 6.04. The number of hydrogen-bond acceptors (Lipinski definition) is 5. The molecule has 3 rings (SSSR count). The zero-order chi connectivity index (χ0) is 14.7. The van der Waals surface area contributed by atoms with Crippen LogP contribution in [0.4, 0.5) is 0 Å². The number of nitrogens with zero attached hydrogens (tertiary/aromatic N) is 3. The second kappa shape index (κ2) is 6.87. The van der Waals surface area contributed by atoms with Crippen molar-refractivity contribution in [3.63, 3.8) is 0 Å². The molecular formula is C15H25N3O3. The van der Waals surface area contributed by atoms with Crippen LogP contribution >= 0.6 is 0 Å². The van der Waals surface area contributed by atoms with Gasteiger partial charge in [0.2, 0.25) is 0 Å². The summed E-state index contributed by atoms with van der Waals surface area (Å²) < 4.78 is 13.2. The summed E-state index contributed by atoms with van der Waals surface area (Å²) in [5, 5.41) is 9.40. The van der Waals surface area contributed by atoms with Crippen LogP contribution < -0.4 is 0 Å². The highest BCUT2D eigenvalue weighted by molar-refractivity contribution is 5.02. The first-order valence-electron chi connectivity index (χ1n) is 7.76. The van der Waals surface area contributed by atoms with Gasteiger partial charge in [-0.2, -0.15) is 0 Å². The molecule has 0 radical (unpaired) electrons. The average Bonchev–Trinajstić information content (AvgIpc) is 3.11. The molecular weight excluding hydrogens is 270 g/mol. The zero-order valence-corrected chi connectivity index (χ0v) is 12.6. The summed E-state index contributed by atoms with van der Waals surface area (Å²) in [6.07, 6.45) is 6.12. The Hall–Kier alpha value is -0.950. The van der Waals surface area contributed by atoms with Crippen molar-refractivity contribution in [1.29, 1.82) is 0 Å². The number of fused-ring (bicyclic) bond motifs is 1. The third-order valence-electron chi connectivity index (χ3n) is 4.71. The Bertz CT molecular complexity index is 451. The first kappa shape index (κ1) is 15.0. The minimum Gasteiger partial charge on any atom is -0.396 e. The summed E-state index contributed by atoms with van der Waals surface area (Å²) in [6, 6.07) is 0.432. The zero-order valence-electron chi connectivity index (χ0n) is 12.6. The lowest BCUT2D eigenvalue weighted by Crippen LogP contribution is -2.48. The van der Waals surface area contributed by atoms with E-state index in [1.54, 1.807) is 7.11 Å². The van der Waals surface area contributed by atoms with Crippen LogP contribution in [-0.4, -0.2) is 65.2 Å². The Morgan fingerprint density at radius 3 is 3.19 bits per heavy atom. The fourth-order valence-corrected chi connectivity index (χ4v) is 3.55. The molecule has 21 heavy (non-hydrogen) atoms. The summed E-state index contributed by atoms with van der Waals surface area (Å²) in [4.78, 5) is 6.76. The number of methoxy groups -OCH3 is 1. The van der Waals surface area contributed by atoms with Gasteiger partial charge in [-0.3, -0.25) is 4.90 Å². The molecule has 1 saturated carbocycles. The SMILES string of the molecule is COCCn1cncc1CN1CCO[C@H]2C[C@H](CO)C[C@@H]21. The average molecular weight is 295 g/mol. The molecule has 3 atom stereocenters. The molecule has 6 nitrogen and oxygen atoms in total. The summed E-state index contributed by atoms with van der Waals surface area (Å²) in [5.41, 5.74) is 1.22. The van der Waals surface area contributed by atoms with Gasteiger partial charge in [-0.15, -0.1) is 0 Å². The molecule has 1 aliphatic carbocycles. The van der Waals surface area contributed by atoms with E-state index in [9.17, 15) is 5.11 Å². The van der Waals surface area contributed by atoms with E-state index in [0.717, 1.165) is 39.1 Å². The maximum atomic E-state index is 9.40. The third-order valence-corrected chi connectivity index (χ3v) is 4.71. The van der Waals surface area contributed by atoms with E-state index < -0.39 is 0 Å². The van der Waals surface area contributed by atoms with Crippen LogP contribution in [0.25, 0.3) is 0 Å². The van der Waals surface area contributed by atoms with Crippen molar-refractivity contribution < 1.29 is 14.6 Å². The Morgan fingerprint density at radius 2 is 2.38 bits per heavy atom. The number of rotatable bonds is 6. The van der Waals surface area contributed by atoms with Gasteiger partial charge in [-0.1, -0.05) is 0 Å². The molecule has 0 bridgehead atoms. The van der Waals surface area contributed by atoms with E-state index >= 15 is 0 Å². The molecule has 2 fully saturated rings. The first-order valence-corrected chi connectivity index (χ1v) is 7.76. The molecule has 1 N–H and O–H groups in total. The highest BCUT2D eigenvalue weighted by Gasteiger charge is 2.40. The largest absolute Gasteiger partial charge is 0.396 e. The predicted molar refractivity (Wildman–Crippen MR) is 77.9 cm³/mol. The predicted octanol–water partition coefficient (Wildman–Crippen LogP) is 0.501. The van der Waals surface area contributed by atoms with E-state index in [0.29, 0.717) is 18.6 Å². The Labute approximate surface area is 125 Å². The van der Waals surface area contributed by atoms with Crippen LogP contribution in [0.2, 0.25) is 0 Å². The Kier molecular flexibility index (Phi) is 4.90. The van der Waals surface area contributed by atoms with Gasteiger partial charge in [0, 0.05) is 45.6 Å². The molecule has 0 spiro atoms. The maximum absolute atomic E-state index is 9.40. The van der Waals surface area contributed by atoms with Crippen molar-refractivity contribution in [1.82, 2.24) is 14.5 Å². The Balaban J connectivity index is 1.65. The molecule has 2 heterocycles. The number of imidazole rings is 1. The highest BCUT2D eigenvalue weighted by atomic mass is 16.5. The normalized spacial score (nSPS) is 29.7.